The maximum Gasteiger partial charge on any atom is 0.422 e. The maximum atomic E-state index is 11.4. The van der Waals surface area contributed by atoms with Crippen molar-refractivity contribution in [3.05, 3.63) is 10.9 Å². The number of ether oxygens (including phenoxy) is 1. The molecule has 0 radical (unpaired) electrons. The van der Waals surface area contributed by atoms with Crippen LogP contribution in [0.25, 0.3) is 0 Å². The van der Waals surface area contributed by atoms with Gasteiger partial charge in [0.1, 0.15) is 5.60 Å². The number of hydrogen-bond acceptors (Lipinski definition) is 6. The molecular formula is C8H13N3O4S2. The van der Waals surface area contributed by atoms with E-state index >= 15 is 0 Å². The van der Waals surface area contributed by atoms with Crippen LogP contribution < -0.4 is 9.44 Å². The topological polar surface area (TPSA) is 97.4 Å². The van der Waals surface area contributed by atoms with Gasteiger partial charge in [0, 0.05) is 5.38 Å². The van der Waals surface area contributed by atoms with Crippen molar-refractivity contribution in [1.29, 1.82) is 0 Å². The van der Waals surface area contributed by atoms with Gasteiger partial charge in [-0.3, -0.25) is 0 Å². The molecule has 0 aliphatic heterocycles. The number of aromatic nitrogens is 1. The van der Waals surface area contributed by atoms with E-state index in [9.17, 15) is 13.2 Å². The fourth-order valence-corrected chi connectivity index (χ4v) is 2.09. The van der Waals surface area contributed by atoms with E-state index in [-0.39, 0.29) is 5.82 Å². The lowest BCUT2D eigenvalue weighted by Crippen LogP contribution is -2.39. The minimum Gasteiger partial charge on any atom is -0.443 e. The van der Waals surface area contributed by atoms with Crippen molar-refractivity contribution in [3.8, 4) is 0 Å². The van der Waals surface area contributed by atoms with Crippen molar-refractivity contribution in [2.24, 2.45) is 0 Å². The zero-order chi connectivity index (χ0) is 13.1. The molecule has 0 spiro atoms. The first kappa shape index (κ1) is 13.7. The third-order valence-corrected chi connectivity index (χ3v) is 2.79. The highest BCUT2D eigenvalue weighted by molar-refractivity contribution is 7.91. The van der Waals surface area contributed by atoms with Crippen LogP contribution in [0.1, 0.15) is 20.8 Å². The van der Waals surface area contributed by atoms with Crippen LogP contribution in [-0.4, -0.2) is 25.1 Å². The second-order valence-corrected chi connectivity index (χ2v) is 6.22. The van der Waals surface area contributed by atoms with Gasteiger partial charge >= 0.3 is 16.3 Å². The SMILES string of the molecule is CC(C)(C)OC(=O)NS(=O)(=O)Nc1cscn1. The third kappa shape index (κ3) is 5.50. The van der Waals surface area contributed by atoms with Crippen LogP contribution in [0, 0.1) is 0 Å². The molecule has 0 bridgehead atoms. The summed E-state index contributed by atoms with van der Waals surface area (Å²) in [4.78, 5) is 15.0. The average molecular weight is 279 g/mol. The molecule has 1 aromatic heterocycles. The zero-order valence-electron chi connectivity index (χ0n) is 9.55. The molecule has 2 N–H and O–H groups in total. The summed E-state index contributed by atoms with van der Waals surface area (Å²) in [5.74, 6) is 0.144. The fourth-order valence-electron chi connectivity index (χ4n) is 0.835. The van der Waals surface area contributed by atoms with Crippen molar-refractivity contribution < 1.29 is 17.9 Å². The summed E-state index contributed by atoms with van der Waals surface area (Å²) in [6, 6.07) is 0. The van der Waals surface area contributed by atoms with Gasteiger partial charge < -0.3 is 4.74 Å². The molecule has 0 aliphatic rings. The smallest absolute Gasteiger partial charge is 0.422 e. The normalized spacial score (nSPS) is 11.9. The van der Waals surface area contributed by atoms with E-state index in [1.165, 1.54) is 22.2 Å². The van der Waals surface area contributed by atoms with E-state index in [1.807, 2.05) is 0 Å². The Bertz CT molecular complexity index is 475. The number of amides is 1. The number of nitrogens with zero attached hydrogens (tertiary/aromatic N) is 1. The van der Waals surface area contributed by atoms with Crippen molar-refractivity contribution in [1.82, 2.24) is 9.71 Å². The highest BCUT2D eigenvalue weighted by atomic mass is 32.2. The molecule has 9 heteroatoms. The first-order chi connectivity index (χ1) is 7.68. The Morgan fingerprint density at radius 1 is 1.47 bits per heavy atom. The molecule has 1 heterocycles. The number of carbonyl (C=O) groups excluding carboxylic acids is 1. The molecule has 0 aliphatic carbocycles. The molecule has 0 fully saturated rings. The Balaban J connectivity index is 2.58. The van der Waals surface area contributed by atoms with Gasteiger partial charge in [-0.15, -0.1) is 11.3 Å². The largest absolute Gasteiger partial charge is 0.443 e. The minimum atomic E-state index is -4.01. The van der Waals surface area contributed by atoms with Crippen molar-refractivity contribution >= 4 is 33.5 Å². The molecule has 0 saturated carbocycles. The predicted octanol–water partition coefficient (Wildman–Crippen LogP) is 1.32. The summed E-state index contributed by atoms with van der Waals surface area (Å²) >= 11 is 1.23. The van der Waals surface area contributed by atoms with Crippen LogP contribution in [0.4, 0.5) is 10.6 Å². The van der Waals surface area contributed by atoms with Crippen LogP contribution in [-0.2, 0) is 14.9 Å². The van der Waals surface area contributed by atoms with E-state index < -0.39 is 21.9 Å². The lowest BCUT2D eigenvalue weighted by Gasteiger charge is -2.19. The van der Waals surface area contributed by atoms with Gasteiger partial charge in [-0.05, 0) is 20.8 Å². The molecule has 1 aromatic rings. The Morgan fingerprint density at radius 2 is 2.12 bits per heavy atom. The molecule has 0 atom stereocenters. The van der Waals surface area contributed by atoms with Crippen molar-refractivity contribution in [3.63, 3.8) is 0 Å². The molecule has 0 saturated heterocycles. The van der Waals surface area contributed by atoms with Crippen LogP contribution in [0.2, 0.25) is 0 Å². The molecule has 1 rings (SSSR count). The molecule has 7 nitrogen and oxygen atoms in total. The summed E-state index contributed by atoms with van der Waals surface area (Å²) in [5.41, 5.74) is 0.700. The Morgan fingerprint density at radius 3 is 2.59 bits per heavy atom. The van der Waals surface area contributed by atoms with Gasteiger partial charge in [0.15, 0.2) is 5.82 Å². The molecule has 0 unspecified atom stereocenters. The van der Waals surface area contributed by atoms with E-state index in [2.05, 4.69) is 9.71 Å². The predicted molar refractivity (Wildman–Crippen MR) is 64.0 cm³/mol. The molecule has 0 aromatic carbocycles. The van der Waals surface area contributed by atoms with Gasteiger partial charge in [0.2, 0.25) is 0 Å². The van der Waals surface area contributed by atoms with Crippen LogP contribution >= 0.6 is 11.3 Å². The molecular weight excluding hydrogens is 266 g/mol. The molecule has 17 heavy (non-hydrogen) atoms. The second-order valence-electron chi connectivity index (χ2n) is 4.08. The standard InChI is InChI=1S/C8H13N3O4S2/c1-8(2,3)15-7(12)11-17(13,14)10-6-4-16-5-9-6/h4-5,10H,1-3H3,(H,11,12). The molecule has 96 valence electrons. The number of rotatable bonds is 3. The van der Waals surface area contributed by atoms with Crippen LogP contribution in [0.5, 0.6) is 0 Å². The first-order valence-corrected chi connectivity index (χ1v) is 7.02. The van der Waals surface area contributed by atoms with Gasteiger partial charge in [0.05, 0.1) is 5.51 Å². The highest BCUT2D eigenvalue weighted by Gasteiger charge is 2.21. The number of carbonyl (C=O) groups is 1. The van der Waals surface area contributed by atoms with Gasteiger partial charge in [0.25, 0.3) is 0 Å². The summed E-state index contributed by atoms with van der Waals surface area (Å²) in [6.45, 7) is 4.90. The fraction of sp³-hybridized carbons (Fsp3) is 0.500. The molecule has 1 amide bonds. The Labute approximate surface area is 103 Å². The number of hydrogen-bond donors (Lipinski definition) is 2. The Kier molecular flexibility index (Phi) is 3.94. The van der Waals surface area contributed by atoms with E-state index in [0.717, 1.165) is 0 Å². The Hall–Kier alpha value is -1.35. The van der Waals surface area contributed by atoms with E-state index in [4.69, 9.17) is 4.74 Å². The van der Waals surface area contributed by atoms with E-state index in [0.29, 0.717) is 0 Å². The monoisotopic (exact) mass is 279 g/mol. The van der Waals surface area contributed by atoms with Crippen molar-refractivity contribution in [2.75, 3.05) is 4.72 Å². The maximum absolute atomic E-state index is 11.4. The van der Waals surface area contributed by atoms with Gasteiger partial charge in [-0.25, -0.2) is 19.2 Å². The van der Waals surface area contributed by atoms with Crippen LogP contribution in [0.15, 0.2) is 10.9 Å². The number of nitrogens with one attached hydrogen (secondary N) is 2. The summed E-state index contributed by atoms with van der Waals surface area (Å²) < 4.78 is 31.5. The van der Waals surface area contributed by atoms with Gasteiger partial charge in [-0.2, -0.15) is 8.42 Å². The lowest BCUT2D eigenvalue weighted by atomic mass is 10.2. The van der Waals surface area contributed by atoms with Gasteiger partial charge in [-0.1, -0.05) is 0 Å². The summed E-state index contributed by atoms with van der Waals surface area (Å²) in [5, 5.41) is 1.49. The second kappa shape index (κ2) is 4.88. The number of thiazole rings is 1. The minimum absolute atomic E-state index is 0.144. The van der Waals surface area contributed by atoms with E-state index in [1.54, 1.807) is 25.5 Å². The quantitative estimate of drug-likeness (QED) is 0.869. The zero-order valence-corrected chi connectivity index (χ0v) is 11.2. The summed E-state index contributed by atoms with van der Waals surface area (Å²) in [7, 11) is -4.01. The number of anilines is 1. The third-order valence-electron chi connectivity index (χ3n) is 1.29. The van der Waals surface area contributed by atoms with Crippen LogP contribution in [0.3, 0.4) is 0 Å². The highest BCUT2D eigenvalue weighted by Crippen LogP contribution is 2.09. The lowest BCUT2D eigenvalue weighted by molar-refractivity contribution is 0.0570. The van der Waals surface area contributed by atoms with Crippen molar-refractivity contribution in [2.45, 2.75) is 26.4 Å². The first-order valence-electron chi connectivity index (χ1n) is 4.60. The summed E-state index contributed by atoms with van der Waals surface area (Å²) in [6.07, 6.45) is -1.04. The average Bonchev–Trinajstić information content (AvgIpc) is 2.49.